The van der Waals surface area contributed by atoms with Gasteiger partial charge in [0.05, 0.1) is 22.9 Å². The van der Waals surface area contributed by atoms with Gasteiger partial charge in [0.25, 0.3) is 5.91 Å². The highest BCUT2D eigenvalue weighted by atomic mass is 35.5. The molecule has 0 saturated carbocycles. The van der Waals surface area contributed by atoms with Gasteiger partial charge < -0.3 is 14.5 Å². The number of rotatable bonds is 3. The van der Waals surface area contributed by atoms with E-state index in [1.54, 1.807) is 36.6 Å². The van der Waals surface area contributed by atoms with Crippen molar-refractivity contribution in [2.24, 2.45) is 0 Å². The number of thiazole rings is 1. The second-order valence-corrected chi connectivity index (χ2v) is 8.46. The van der Waals surface area contributed by atoms with E-state index in [2.05, 4.69) is 30.9 Å². The van der Waals surface area contributed by atoms with E-state index in [4.69, 9.17) is 21.3 Å². The Kier molecular flexibility index (Phi) is 5.17. The molecule has 0 aliphatic carbocycles. The highest BCUT2D eigenvalue weighted by Gasteiger charge is 2.26. The first-order valence-corrected chi connectivity index (χ1v) is 10.4. The first kappa shape index (κ1) is 19.0. The van der Waals surface area contributed by atoms with Crippen molar-refractivity contribution in [3.05, 3.63) is 52.0 Å². The molecule has 0 atom stereocenters. The number of aromatic nitrogens is 1. The van der Waals surface area contributed by atoms with Gasteiger partial charge in [-0.15, -0.1) is 0 Å². The van der Waals surface area contributed by atoms with E-state index in [1.165, 1.54) is 15.8 Å². The predicted molar refractivity (Wildman–Crippen MR) is 115 cm³/mol. The lowest BCUT2D eigenvalue weighted by Gasteiger charge is -2.34. The molecule has 4 rings (SSSR count). The van der Waals surface area contributed by atoms with Gasteiger partial charge in [-0.1, -0.05) is 29.0 Å². The topological polar surface area (TPSA) is 45.7 Å². The molecule has 1 aliphatic rings. The molecule has 0 bridgehead atoms. The number of halogens is 1. The molecule has 28 heavy (non-hydrogen) atoms. The van der Waals surface area contributed by atoms with E-state index in [9.17, 15) is 4.79 Å². The lowest BCUT2D eigenvalue weighted by atomic mass is 10.1. The summed E-state index contributed by atoms with van der Waals surface area (Å²) in [7, 11) is 1.56. The van der Waals surface area contributed by atoms with Crippen LogP contribution in [0.5, 0.6) is 5.75 Å². The van der Waals surface area contributed by atoms with E-state index >= 15 is 0 Å². The molecule has 146 valence electrons. The van der Waals surface area contributed by atoms with Crippen LogP contribution in [0.15, 0.2) is 30.3 Å². The standard InChI is InChI=1S/C21H22ClN3O2S/c1-13-10-14(2)19-17(11-13)23-21(28-19)25-8-6-24(7-9-25)20(26)16-12-15(22)4-5-18(16)27-3/h4-5,10-12H,6-9H2,1-3H3. The number of hydrogen-bond acceptors (Lipinski definition) is 5. The van der Waals surface area contributed by atoms with Crippen molar-refractivity contribution in [2.45, 2.75) is 13.8 Å². The molecular formula is C21H22ClN3O2S. The Labute approximate surface area is 173 Å². The van der Waals surface area contributed by atoms with Gasteiger partial charge in [-0.05, 0) is 49.2 Å². The van der Waals surface area contributed by atoms with Crippen LogP contribution in [0.4, 0.5) is 5.13 Å². The van der Waals surface area contributed by atoms with Crippen LogP contribution in [0.1, 0.15) is 21.5 Å². The molecule has 0 radical (unpaired) electrons. The largest absolute Gasteiger partial charge is 0.496 e. The van der Waals surface area contributed by atoms with Gasteiger partial charge in [0, 0.05) is 31.2 Å². The van der Waals surface area contributed by atoms with Gasteiger partial charge in [0.1, 0.15) is 5.75 Å². The first-order valence-electron chi connectivity index (χ1n) is 9.22. The Hall–Kier alpha value is -2.31. The summed E-state index contributed by atoms with van der Waals surface area (Å²) < 4.78 is 6.57. The molecule has 1 aliphatic heterocycles. The van der Waals surface area contributed by atoms with Crippen molar-refractivity contribution in [3.8, 4) is 5.75 Å². The Balaban J connectivity index is 1.50. The van der Waals surface area contributed by atoms with E-state index in [0.717, 1.165) is 23.7 Å². The molecular weight excluding hydrogens is 394 g/mol. The minimum atomic E-state index is -0.0465. The second kappa shape index (κ2) is 7.60. The zero-order valence-electron chi connectivity index (χ0n) is 16.2. The predicted octanol–water partition coefficient (Wildman–Crippen LogP) is 4.54. The number of aryl methyl sites for hydroxylation is 2. The van der Waals surface area contributed by atoms with E-state index < -0.39 is 0 Å². The summed E-state index contributed by atoms with van der Waals surface area (Å²) in [5.74, 6) is 0.503. The Morgan fingerprint density at radius 1 is 1.14 bits per heavy atom. The average Bonchev–Trinajstić information content (AvgIpc) is 3.12. The maximum Gasteiger partial charge on any atom is 0.257 e. The molecule has 3 aromatic rings. The average molecular weight is 416 g/mol. The number of methoxy groups -OCH3 is 1. The molecule has 2 heterocycles. The number of ether oxygens (including phenoxy) is 1. The SMILES string of the molecule is COc1ccc(Cl)cc1C(=O)N1CCN(c2nc3cc(C)cc(C)c3s2)CC1. The van der Waals surface area contributed by atoms with Gasteiger partial charge in [-0.3, -0.25) is 4.79 Å². The number of nitrogens with zero attached hydrogens (tertiary/aromatic N) is 3. The smallest absolute Gasteiger partial charge is 0.257 e. The highest BCUT2D eigenvalue weighted by molar-refractivity contribution is 7.22. The van der Waals surface area contributed by atoms with Gasteiger partial charge in [-0.25, -0.2) is 4.98 Å². The van der Waals surface area contributed by atoms with Crippen LogP contribution in [0, 0.1) is 13.8 Å². The molecule has 0 spiro atoms. The quantitative estimate of drug-likeness (QED) is 0.630. The van der Waals surface area contributed by atoms with Crippen molar-refractivity contribution in [2.75, 3.05) is 38.2 Å². The van der Waals surface area contributed by atoms with Gasteiger partial charge in [0.2, 0.25) is 0 Å². The molecule has 1 fully saturated rings. The molecule has 0 N–H and O–H groups in total. The molecule has 1 amide bonds. The summed E-state index contributed by atoms with van der Waals surface area (Å²) in [6, 6.07) is 9.46. The maximum atomic E-state index is 13.0. The number of piperazine rings is 1. The summed E-state index contributed by atoms with van der Waals surface area (Å²) in [5, 5.41) is 1.55. The third-order valence-corrected chi connectivity index (χ3v) is 6.54. The summed E-state index contributed by atoms with van der Waals surface area (Å²) in [4.78, 5) is 21.9. The third kappa shape index (κ3) is 3.54. The van der Waals surface area contributed by atoms with Crippen molar-refractivity contribution in [1.29, 1.82) is 0 Å². The number of hydrogen-bond donors (Lipinski definition) is 0. The fourth-order valence-corrected chi connectivity index (χ4v) is 4.86. The van der Waals surface area contributed by atoms with Crippen LogP contribution in [0.25, 0.3) is 10.2 Å². The monoisotopic (exact) mass is 415 g/mol. The van der Waals surface area contributed by atoms with Crippen LogP contribution in [0.3, 0.4) is 0 Å². The summed E-state index contributed by atoms with van der Waals surface area (Å²) in [5.41, 5.74) is 4.06. The zero-order chi connectivity index (χ0) is 19.8. The number of anilines is 1. The Bertz CT molecular complexity index is 1040. The third-order valence-electron chi connectivity index (χ3n) is 5.04. The number of benzene rings is 2. The van der Waals surface area contributed by atoms with Crippen molar-refractivity contribution >= 4 is 44.2 Å². The number of carbonyl (C=O) groups excluding carboxylic acids is 1. The first-order chi connectivity index (χ1) is 13.5. The summed E-state index contributed by atoms with van der Waals surface area (Å²) in [6.45, 7) is 7.02. The fraction of sp³-hybridized carbons (Fsp3) is 0.333. The van der Waals surface area contributed by atoms with Gasteiger partial charge in [-0.2, -0.15) is 0 Å². The number of carbonyl (C=O) groups is 1. The van der Waals surface area contributed by atoms with Crippen LogP contribution in [-0.4, -0.2) is 49.1 Å². The Morgan fingerprint density at radius 2 is 1.89 bits per heavy atom. The van der Waals surface area contributed by atoms with E-state index in [1.807, 2.05) is 4.90 Å². The normalized spacial score (nSPS) is 14.6. The maximum absolute atomic E-state index is 13.0. The van der Waals surface area contributed by atoms with Gasteiger partial charge in [0.15, 0.2) is 5.13 Å². The van der Waals surface area contributed by atoms with Crippen molar-refractivity contribution in [1.82, 2.24) is 9.88 Å². The van der Waals surface area contributed by atoms with Crippen molar-refractivity contribution in [3.63, 3.8) is 0 Å². The minimum absolute atomic E-state index is 0.0465. The Morgan fingerprint density at radius 3 is 2.61 bits per heavy atom. The fourth-order valence-electron chi connectivity index (χ4n) is 3.62. The highest BCUT2D eigenvalue weighted by Crippen LogP contribution is 2.33. The lowest BCUT2D eigenvalue weighted by molar-refractivity contribution is 0.0743. The second-order valence-electron chi connectivity index (χ2n) is 7.05. The molecule has 2 aromatic carbocycles. The number of fused-ring (bicyclic) bond motifs is 1. The lowest BCUT2D eigenvalue weighted by Crippen LogP contribution is -2.48. The molecule has 5 nitrogen and oxygen atoms in total. The van der Waals surface area contributed by atoms with Gasteiger partial charge >= 0.3 is 0 Å². The molecule has 0 unspecified atom stereocenters. The summed E-state index contributed by atoms with van der Waals surface area (Å²) >= 11 is 7.81. The van der Waals surface area contributed by atoms with Crippen molar-refractivity contribution < 1.29 is 9.53 Å². The molecule has 1 saturated heterocycles. The van der Waals surface area contributed by atoms with Crippen LogP contribution in [0.2, 0.25) is 5.02 Å². The molecule has 7 heteroatoms. The minimum Gasteiger partial charge on any atom is -0.496 e. The van der Waals surface area contributed by atoms with E-state index in [0.29, 0.717) is 29.4 Å². The zero-order valence-corrected chi connectivity index (χ0v) is 17.7. The van der Waals surface area contributed by atoms with Crippen LogP contribution < -0.4 is 9.64 Å². The number of amides is 1. The van der Waals surface area contributed by atoms with Crippen LogP contribution in [-0.2, 0) is 0 Å². The van der Waals surface area contributed by atoms with E-state index in [-0.39, 0.29) is 5.91 Å². The summed E-state index contributed by atoms with van der Waals surface area (Å²) in [6.07, 6.45) is 0. The molecule has 1 aromatic heterocycles. The van der Waals surface area contributed by atoms with Crippen LogP contribution >= 0.6 is 22.9 Å².